The smallest absolute Gasteiger partial charge is 0.0964 e. The zero-order valence-corrected chi connectivity index (χ0v) is 11.5. The first-order valence-electron chi connectivity index (χ1n) is 5.71. The molecule has 0 spiro atoms. The molecule has 2 heteroatoms. The first-order chi connectivity index (χ1) is 7.76. The predicted octanol–water partition coefficient (Wildman–Crippen LogP) is 3.41. The van der Waals surface area contributed by atoms with E-state index in [1.807, 2.05) is 38.2 Å². The van der Waals surface area contributed by atoms with Gasteiger partial charge < -0.3 is 9.84 Å². The fraction of sp³-hybridized carbons (Fsp3) is 0.467. The molecule has 0 saturated carbocycles. The van der Waals surface area contributed by atoms with E-state index in [0.717, 1.165) is 11.1 Å². The maximum atomic E-state index is 9.61. The summed E-state index contributed by atoms with van der Waals surface area (Å²) >= 11 is 0. The van der Waals surface area contributed by atoms with Crippen LogP contribution in [0, 0.1) is 0 Å². The van der Waals surface area contributed by atoms with E-state index >= 15 is 0 Å². The standard InChI is InChI=1S/C15H24O2/c1-12(2)8-7-9-13(3)14(17-6)10-11-15(4,5)16/h7-11,14,16H,1H2,2-6H3/b8-7+,11-10+,13-9+/t14-/m1/s1. The molecule has 0 rings (SSSR count). The average molecular weight is 236 g/mol. The van der Waals surface area contributed by atoms with Crippen LogP contribution in [0.5, 0.6) is 0 Å². The third-order valence-electron chi connectivity index (χ3n) is 2.12. The Morgan fingerprint density at radius 2 is 1.94 bits per heavy atom. The van der Waals surface area contributed by atoms with Gasteiger partial charge in [-0.2, -0.15) is 0 Å². The van der Waals surface area contributed by atoms with Crippen LogP contribution in [0.25, 0.3) is 0 Å². The van der Waals surface area contributed by atoms with Gasteiger partial charge in [-0.05, 0) is 33.3 Å². The Labute approximate surface area is 105 Å². The molecule has 17 heavy (non-hydrogen) atoms. The Kier molecular flexibility index (Phi) is 6.78. The first kappa shape index (κ1) is 15.9. The van der Waals surface area contributed by atoms with Gasteiger partial charge in [-0.25, -0.2) is 0 Å². The van der Waals surface area contributed by atoms with E-state index in [1.54, 1.807) is 27.0 Å². The second kappa shape index (κ2) is 7.25. The summed E-state index contributed by atoms with van der Waals surface area (Å²) in [4.78, 5) is 0. The van der Waals surface area contributed by atoms with Crippen molar-refractivity contribution in [3.63, 3.8) is 0 Å². The monoisotopic (exact) mass is 236 g/mol. The highest BCUT2D eigenvalue weighted by molar-refractivity contribution is 5.24. The SMILES string of the molecule is C=C(C)/C=C/C=C(\C)[C@@H](/C=C/C(C)(C)O)OC. The Balaban J connectivity index is 4.66. The van der Waals surface area contributed by atoms with Crippen molar-refractivity contribution >= 4 is 0 Å². The molecule has 0 radical (unpaired) electrons. The fourth-order valence-corrected chi connectivity index (χ4v) is 1.20. The van der Waals surface area contributed by atoms with Crippen LogP contribution in [-0.2, 0) is 4.74 Å². The van der Waals surface area contributed by atoms with Crippen LogP contribution < -0.4 is 0 Å². The van der Waals surface area contributed by atoms with Crippen LogP contribution in [0.1, 0.15) is 27.7 Å². The second-order valence-electron chi connectivity index (χ2n) is 4.79. The van der Waals surface area contributed by atoms with Gasteiger partial charge in [0.2, 0.25) is 0 Å². The molecule has 0 aliphatic heterocycles. The third kappa shape index (κ3) is 8.66. The number of allylic oxidation sites excluding steroid dienone is 4. The van der Waals surface area contributed by atoms with Crippen molar-refractivity contribution in [1.82, 2.24) is 0 Å². The van der Waals surface area contributed by atoms with Crippen molar-refractivity contribution in [2.45, 2.75) is 39.4 Å². The molecule has 0 fully saturated rings. The molecule has 1 N–H and O–H groups in total. The zero-order chi connectivity index (χ0) is 13.5. The molecule has 96 valence electrons. The maximum absolute atomic E-state index is 9.61. The molecule has 0 aliphatic rings. The van der Waals surface area contributed by atoms with Crippen LogP contribution in [0.3, 0.4) is 0 Å². The van der Waals surface area contributed by atoms with E-state index in [-0.39, 0.29) is 6.10 Å². The molecule has 0 aromatic carbocycles. The van der Waals surface area contributed by atoms with Crippen molar-refractivity contribution < 1.29 is 9.84 Å². The van der Waals surface area contributed by atoms with Gasteiger partial charge in [0, 0.05) is 7.11 Å². The van der Waals surface area contributed by atoms with Gasteiger partial charge in [0.25, 0.3) is 0 Å². The summed E-state index contributed by atoms with van der Waals surface area (Å²) in [5.74, 6) is 0. The van der Waals surface area contributed by atoms with Gasteiger partial charge in [0.15, 0.2) is 0 Å². The van der Waals surface area contributed by atoms with Crippen LogP contribution >= 0.6 is 0 Å². The lowest BCUT2D eigenvalue weighted by Gasteiger charge is -2.15. The minimum Gasteiger partial charge on any atom is -0.386 e. The van der Waals surface area contributed by atoms with Gasteiger partial charge in [0.1, 0.15) is 0 Å². The molecule has 0 aliphatic carbocycles. The van der Waals surface area contributed by atoms with Crippen molar-refractivity contribution in [3.8, 4) is 0 Å². The summed E-state index contributed by atoms with van der Waals surface area (Å²) in [6, 6.07) is 0. The summed E-state index contributed by atoms with van der Waals surface area (Å²) in [5.41, 5.74) is 1.27. The summed E-state index contributed by atoms with van der Waals surface area (Å²) in [6.07, 6.45) is 9.35. The minimum absolute atomic E-state index is 0.115. The summed E-state index contributed by atoms with van der Waals surface area (Å²) in [7, 11) is 1.65. The number of ether oxygens (including phenoxy) is 1. The molecule has 0 aromatic heterocycles. The number of hydrogen-bond acceptors (Lipinski definition) is 2. The van der Waals surface area contributed by atoms with Crippen LogP contribution in [0.4, 0.5) is 0 Å². The molecule has 0 amide bonds. The van der Waals surface area contributed by atoms with Crippen LogP contribution in [0.15, 0.2) is 48.1 Å². The minimum atomic E-state index is -0.815. The van der Waals surface area contributed by atoms with Gasteiger partial charge >= 0.3 is 0 Å². The summed E-state index contributed by atoms with van der Waals surface area (Å²) in [6.45, 7) is 11.2. The van der Waals surface area contributed by atoms with E-state index in [1.165, 1.54) is 0 Å². The quantitative estimate of drug-likeness (QED) is 0.565. The number of hydrogen-bond donors (Lipinski definition) is 1. The summed E-state index contributed by atoms with van der Waals surface area (Å²) < 4.78 is 5.34. The lowest BCUT2D eigenvalue weighted by Crippen LogP contribution is -2.16. The Morgan fingerprint density at radius 3 is 2.35 bits per heavy atom. The van der Waals surface area contributed by atoms with E-state index in [9.17, 15) is 5.11 Å². The largest absolute Gasteiger partial charge is 0.386 e. The maximum Gasteiger partial charge on any atom is 0.0964 e. The molecule has 0 saturated heterocycles. The topological polar surface area (TPSA) is 29.5 Å². The average Bonchev–Trinajstić information content (AvgIpc) is 2.16. The molecular formula is C15H24O2. The number of methoxy groups -OCH3 is 1. The molecule has 0 aromatic rings. The first-order valence-corrected chi connectivity index (χ1v) is 5.71. The van der Waals surface area contributed by atoms with E-state index < -0.39 is 5.60 Å². The van der Waals surface area contributed by atoms with Gasteiger partial charge in [-0.1, -0.05) is 42.5 Å². The Morgan fingerprint density at radius 1 is 1.35 bits per heavy atom. The third-order valence-corrected chi connectivity index (χ3v) is 2.12. The van der Waals surface area contributed by atoms with Crippen molar-refractivity contribution in [1.29, 1.82) is 0 Å². The van der Waals surface area contributed by atoms with Gasteiger partial charge in [0.05, 0.1) is 11.7 Å². The Hall–Kier alpha value is -1.12. The van der Waals surface area contributed by atoms with Crippen molar-refractivity contribution in [2.24, 2.45) is 0 Å². The molecule has 2 nitrogen and oxygen atoms in total. The van der Waals surface area contributed by atoms with Crippen molar-refractivity contribution in [2.75, 3.05) is 7.11 Å². The van der Waals surface area contributed by atoms with Crippen LogP contribution in [0.2, 0.25) is 0 Å². The van der Waals surface area contributed by atoms with E-state index in [4.69, 9.17) is 4.74 Å². The van der Waals surface area contributed by atoms with Gasteiger partial charge in [-0.3, -0.25) is 0 Å². The molecule has 0 unspecified atom stereocenters. The molecule has 1 atom stereocenters. The Bertz CT molecular complexity index is 327. The van der Waals surface area contributed by atoms with E-state index in [0.29, 0.717) is 0 Å². The highest BCUT2D eigenvalue weighted by Crippen LogP contribution is 2.11. The fourth-order valence-electron chi connectivity index (χ4n) is 1.20. The highest BCUT2D eigenvalue weighted by Gasteiger charge is 2.10. The van der Waals surface area contributed by atoms with Crippen LogP contribution in [-0.4, -0.2) is 23.9 Å². The number of rotatable bonds is 6. The van der Waals surface area contributed by atoms with Gasteiger partial charge in [-0.15, -0.1) is 0 Å². The van der Waals surface area contributed by atoms with E-state index in [2.05, 4.69) is 6.58 Å². The highest BCUT2D eigenvalue weighted by atomic mass is 16.5. The normalized spacial score (nSPS) is 15.8. The zero-order valence-electron chi connectivity index (χ0n) is 11.5. The summed E-state index contributed by atoms with van der Waals surface area (Å²) in [5, 5.41) is 9.61. The molecule has 0 heterocycles. The second-order valence-corrected chi connectivity index (χ2v) is 4.79. The number of aliphatic hydroxyl groups is 1. The van der Waals surface area contributed by atoms with Crippen molar-refractivity contribution in [3.05, 3.63) is 48.1 Å². The molecule has 0 bridgehead atoms. The lowest BCUT2D eigenvalue weighted by atomic mass is 10.1. The lowest BCUT2D eigenvalue weighted by molar-refractivity contribution is 0.128. The molecular weight excluding hydrogens is 212 g/mol. The predicted molar refractivity (Wildman–Crippen MR) is 73.9 cm³/mol.